The quantitative estimate of drug-likeness (QED) is 0.664. The van der Waals surface area contributed by atoms with Crippen molar-refractivity contribution >= 4 is 18.2 Å². The lowest BCUT2D eigenvalue weighted by atomic mass is 10.3. The van der Waals surface area contributed by atoms with Gasteiger partial charge in [-0.3, -0.25) is 0 Å². The first-order valence-corrected chi connectivity index (χ1v) is 3.52. The van der Waals surface area contributed by atoms with Crippen LogP contribution in [0.2, 0.25) is 0 Å². The minimum Gasteiger partial charge on any atom is -0.382 e. The highest BCUT2D eigenvalue weighted by molar-refractivity contribution is 5.56. The van der Waals surface area contributed by atoms with Crippen LogP contribution >= 0.6 is 0 Å². The number of hydrogen-bond donors (Lipinski definition) is 1. The average Bonchev–Trinajstić information content (AvgIpc) is 2.09. The molecule has 0 aliphatic carbocycles. The predicted octanol–water partition coefficient (Wildman–Crippen LogP) is 0.661. The molecule has 0 bridgehead atoms. The predicted molar refractivity (Wildman–Crippen MR) is 46.2 cm³/mol. The Balaban J connectivity index is 2.64. The maximum absolute atomic E-state index is 9.94. The molecule has 1 aromatic heterocycles. The molecule has 12 heavy (non-hydrogen) atoms. The van der Waals surface area contributed by atoms with Crippen LogP contribution in [-0.2, 0) is 4.79 Å². The van der Waals surface area contributed by atoms with E-state index in [2.05, 4.69) is 10.2 Å². The molecular formula is C8H9N3O. The number of nitrogen functional groups attached to an aromatic ring is 1. The number of rotatable bonds is 3. The van der Waals surface area contributed by atoms with E-state index in [9.17, 15) is 4.79 Å². The molecule has 0 saturated heterocycles. The summed E-state index contributed by atoms with van der Waals surface area (Å²) in [4.78, 5) is 9.94. The van der Waals surface area contributed by atoms with Crippen LogP contribution in [0.4, 0.5) is 5.82 Å². The van der Waals surface area contributed by atoms with E-state index in [4.69, 9.17) is 5.73 Å². The Morgan fingerprint density at radius 2 is 2.25 bits per heavy atom. The Bertz CT molecular complexity index is 279. The number of anilines is 1. The molecule has 1 rings (SSSR count). The zero-order valence-electron chi connectivity index (χ0n) is 6.47. The van der Waals surface area contributed by atoms with E-state index in [1.54, 1.807) is 24.3 Å². The summed E-state index contributed by atoms with van der Waals surface area (Å²) in [5, 5.41) is 7.42. The first kappa shape index (κ1) is 8.39. The molecule has 0 radical (unpaired) electrons. The fraction of sp³-hybridized carbons (Fsp3) is 0.125. The fourth-order valence-corrected chi connectivity index (χ4v) is 0.686. The first-order chi connectivity index (χ1) is 5.83. The Kier molecular flexibility index (Phi) is 2.95. The van der Waals surface area contributed by atoms with E-state index in [0.717, 1.165) is 6.29 Å². The number of carbonyl (C=O) groups is 1. The molecule has 0 amide bonds. The maximum atomic E-state index is 9.94. The van der Waals surface area contributed by atoms with Crippen LogP contribution in [0.15, 0.2) is 18.2 Å². The van der Waals surface area contributed by atoms with Gasteiger partial charge in [0.15, 0.2) is 0 Å². The molecule has 0 saturated carbocycles. The van der Waals surface area contributed by atoms with Crippen LogP contribution in [-0.4, -0.2) is 16.5 Å². The van der Waals surface area contributed by atoms with Crippen LogP contribution in [0.1, 0.15) is 12.1 Å². The van der Waals surface area contributed by atoms with Gasteiger partial charge in [0.25, 0.3) is 0 Å². The Morgan fingerprint density at radius 1 is 1.42 bits per heavy atom. The van der Waals surface area contributed by atoms with Crippen molar-refractivity contribution in [1.29, 1.82) is 0 Å². The minimum atomic E-state index is 0.391. The van der Waals surface area contributed by atoms with Gasteiger partial charge in [0, 0.05) is 6.42 Å². The molecule has 0 atom stereocenters. The van der Waals surface area contributed by atoms with E-state index in [1.165, 1.54) is 0 Å². The minimum absolute atomic E-state index is 0.391. The Hall–Kier alpha value is -1.71. The summed E-state index contributed by atoms with van der Waals surface area (Å²) in [6.07, 6.45) is 4.65. The molecule has 4 nitrogen and oxygen atoms in total. The van der Waals surface area contributed by atoms with Gasteiger partial charge in [-0.1, -0.05) is 6.08 Å². The third kappa shape index (κ3) is 2.49. The maximum Gasteiger partial charge on any atom is 0.146 e. The third-order valence-corrected chi connectivity index (χ3v) is 1.23. The van der Waals surface area contributed by atoms with Crippen molar-refractivity contribution in [3.8, 4) is 0 Å². The van der Waals surface area contributed by atoms with Gasteiger partial charge in [0.2, 0.25) is 0 Å². The second-order valence-electron chi connectivity index (χ2n) is 2.19. The SMILES string of the molecule is Nc1ccc(C=CCC=O)nn1. The topological polar surface area (TPSA) is 68.9 Å². The zero-order chi connectivity index (χ0) is 8.81. The second-order valence-corrected chi connectivity index (χ2v) is 2.19. The first-order valence-electron chi connectivity index (χ1n) is 3.52. The highest BCUT2D eigenvalue weighted by atomic mass is 16.1. The molecule has 0 aliphatic rings. The summed E-state index contributed by atoms with van der Waals surface area (Å²) in [6, 6.07) is 3.40. The van der Waals surface area contributed by atoms with Crippen molar-refractivity contribution < 1.29 is 4.79 Å². The van der Waals surface area contributed by atoms with Gasteiger partial charge in [-0.2, -0.15) is 0 Å². The number of nitrogens with two attached hydrogens (primary N) is 1. The van der Waals surface area contributed by atoms with Gasteiger partial charge >= 0.3 is 0 Å². The molecule has 62 valence electrons. The molecule has 0 aliphatic heterocycles. The number of aromatic nitrogens is 2. The van der Waals surface area contributed by atoms with Crippen LogP contribution < -0.4 is 5.73 Å². The van der Waals surface area contributed by atoms with Crippen LogP contribution in [0.25, 0.3) is 6.08 Å². The molecule has 0 fully saturated rings. The number of allylic oxidation sites excluding steroid dienone is 1. The largest absolute Gasteiger partial charge is 0.382 e. The van der Waals surface area contributed by atoms with Crippen LogP contribution in [0, 0.1) is 0 Å². The van der Waals surface area contributed by atoms with Gasteiger partial charge in [-0.05, 0) is 18.2 Å². The zero-order valence-corrected chi connectivity index (χ0v) is 6.47. The lowest BCUT2D eigenvalue weighted by Crippen LogP contribution is -1.92. The molecule has 4 heteroatoms. The number of hydrogen-bond acceptors (Lipinski definition) is 4. The highest BCUT2D eigenvalue weighted by Crippen LogP contribution is 1.99. The molecule has 0 unspecified atom stereocenters. The molecule has 0 spiro atoms. The molecule has 1 heterocycles. The normalized spacial score (nSPS) is 10.3. The summed E-state index contributed by atoms with van der Waals surface area (Å²) >= 11 is 0. The van der Waals surface area contributed by atoms with E-state index in [-0.39, 0.29) is 0 Å². The lowest BCUT2D eigenvalue weighted by molar-refractivity contribution is -0.107. The lowest BCUT2D eigenvalue weighted by Gasteiger charge is -1.90. The third-order valence-electron chi connectivity index (χ3n) is 1.23. The molecule has 2 N–H and O–H groups in total. The second kappa shape index (κ2) is 4.23. The molecular weight excluding hydrogens is 154 g/mol. The van der Waals surface area contributed by atoms with Gasteiger partial charge < -0.3 is 10.5 Å². The number of aldehydes is 1. The van der Waals surface area contributed by atoms with Crippen molar-refractivity contribution in [2.45, 2.75) is 6.42 Å². The summed E-state index contributed by atoms with van der Waals surface area (Å²) in [7, 11) is 0. The van der Waals surface area contributed by atoms with Gasteiger partial charge in [0.05, 0.1) is 5.69 Å². The van der Waals surface area contributed by atoms with Gasteiger partial charge in [-0.15, -0.1) is 10.2 Å². The smallest absolute Gasteiger partial charge is 0.146 e. The van der Waals surface area contributed by atoms with Gasteiger partial charge in [-0.25, -0.2) is 0 Å². The van der Waals surface area contributed by atoms with E-state index in [0.29, 0.717) is 17.9 Å². The molecule has 0 aromatic carbocycles. The Morgan fingerprint density at radius 3 is 2.83 bits per heavy atom. The van der Waals surface area contributed by atoms with Crippen LogP contribution in [0.3, 0.4) is 0 Å². The molecule has 1 aromatic rings. The number of nitrogens with zero attached hydrogens (tertiary/aromatic N) is 2. The monoisotopic (exact) mass is 163 g/mol. The summed E-state index contributed by atoms with van der Waals surface area (Å²) in [5.74, 6) is 0.391. The summed E-state index contributed by atoms with van der Waals surface area (Å²) < 4.78 is 0. The summed E-state index contributed by atoms with van der Waals surface area (Å²) in [6.45, 7) is 0. The highest BCUT2D eigenvalue weighted by Gasteiger charge is 1.88. The van der Waals surface area contributed by atoms with Crippen molar-refractivity contribution in [2.75, 3.05) is 5.73 Å². The van der Waals surface area contributed by atoms with Gasteiger partial charge in [0.1, 0.15) is 12.1 Å². The van der Waals surface area contributed by atoms with Crippen molar-refractivity contribution in [3.05, 3.63) is 23.9 Å². The van der Waals surface area contributed by atoms with Crippen molar-refractivity contribution in [3.63, 3.8) is 0 Å². The number of carbonyl (C=O) groups excluding carboxylic acids is 1. The van der Waals surface area contributed by atoms with E-state index < -0.39 is 0 Å². The van der Waals surface area contributed by atoms with Crippen molar-refractivity contribution in [2.24, 2.45) is 0 Å². The van der Waals surface area contributed by atoms with E-state index >= 15 is 0 Å². The van der Waals surface area contributed by atoms with Crippen LogP contribution in [0.5, 0.6) is 0 Å². The fourth-order valence-electron chi connectivity index (χ4n) is 0.686. The van der Waals surface area contributed by atoms with E-state index in [1.807, 2.05) is 0 Å². The Labute approximate surface area is 70.1 Å². The van der Waals surface area contributed by atoms with Crippen molar-refractivity contribution in [1.82, 2.24) is 10.2 Å². The summed E-state index contributed by atoms with van der Waals surface area (Å²) in [5.41, 5.74) is 6.03. The average molecular weight is 163 g/mol. The standard InChI is InChI=1S/C8H9N3O/c9-8-5-4-7(10-11-8)3-1-2-6-12/h1,3-6H,2H2,(H2,9,11).